The highest BCUT2D eigenvalue weighted by Crippen LogP contribution is 1.81. The molecule has 0 radical (unpaired) electrons. The monoisotopic (exact) mass is 155 g/mol. The van der Waals surface area contributed by atoms with Crippen molar-refractivity contribution >= 4 is 5.91 Å². The van der Waals surface area contributed by atoms with E-state index in [2.05, 4.69) is 20.5 Å². The molecule has 4 N–H and O–H groups in total. The summed E-state index contributed by atoms with van der Waals surface area (Å²) in [5.74, 6) is 0.410. The largest absolute Gasteiger partial charge is 0.348 e. The van der Waals surface area contributed by atoms with Crippen LogP contribution in [-0.2, 0) is 11.3 Å². The zero-order chi connectivity index (χ0) is 8.10. The molecule has 0 aliphatic carbocycles. The molecule has 0 aliphatic heterocycles. The third kappa shape index (κ3) is 2.34. The predicted octanol–water partition coefficient (Wildman–Crippen LogP) is -1.62. The molecule has 0 fully saturated rings. The molecule has 0 saturated carbocycles. The first kappa shape index (κ1) is 7.67. The Bertz CT molecular complexity index is 219. The van der Waals surface area contributed by atoms with Crippen molar-refractivity contribution in [3.05, 3.63) is 12.2 Å². The van der Waals surface area contributed by atoms with Crippen LogP contribution >= 0.6 is 0 Å². The van der Waals surface area contributed by atoms with Crippen molar-refractivity contribution in [1.29, 1.82) is 0 Å². The number of carbonyl (C=O) groups excluding carboxylic acids is 1. The number of nitrogens with two attached hydrogens (primary N) is 1. The van der Waals surface area contributed by atoms with E-state index in [0.29, 0.717) is 12.4 Å². The fourth-order valence-corrected chi connectivity index (χ4v) is 0.570. The molecule has 1 heterocycles. The lowest BCUT2D eigenvalue weighted by Gasteiger charge is -1.97. The number of nitrogens with zero attached hydrogens (tertiary/aromatic N) is 2. The summed E-state index contributed by atoms with van der Waals surface area (Å²) in [7, 11) is 0. The molecule has 60 valence electrons. The Labute approximate surface area is 63.2 Å². The molecule has 1 aromatic rings. The Morgan fingerprint density at radius 2 is 2.64 bits per heavy atom. The Kier molecular flexibility index (Phi) is 2.56. The number of aromatic amines is 1. The van der Waals surface area contributed by atoms with E-state index in [4.69, 9.17) is 5.73 Å². The summed E-state index contributed by atoms with van der Waals surface area (Å²) < 4.78 is 0. The van der Waals surface area contributed by atoms with Crippen LogP contribution in [0, 0.1) is 0 Å². The van der Waals surface area contributed by atoms with E-state index in [-0.39, 0.29) is 12.5 Å². The molecule has 0 unspecified atom stereocenters. The smallest absolute Gasteiger partial charge is 0.234 e. The molecule has 0 aliphatic rings. The summed E-state index contributed by atoms with van der Waals surface area (Å²) in [5, 5.41) is 8.74. The highest BCUT2D eigenvalue weighted by molar-refractivity contribution is 5.77. The van der Waals surface area contributed by atoms with Crippen LogP contribution in [0.2, 0.25) is 0 Å². The van der Waals surface area contributed by atoms with Gasteiger partial charge in [0.2, 0.25) is 5.91 Å². The highest BCUT2D eigenvalue weighted by Gasteiger charge is 1.98. The molecule has 6 nitrogen and oxygen atoms in total. The average molecular weight is 155 g/mol. The second-order valence-electron chi connectivity index (χ2n) is 1.91. The Morgan fingerprint density at radius 1 is 1.82 bits per heavy atom. The van der Waals surface area contributed by atoms with Crippen LogP contribution in [0.15, 0.2) is 6.33 Å². The third-order valence-corrected chi connectivity index (χ3v) is 1.10. The second kappa shape index (κ2) is 3.67. The number of hydrogen-bond donors (Lipinski definition) is 3. The minimum atomic E-state index is -0.207. The van der Waals surface area contributed by atoms with Crippen molar-refractivity contribution in [2.45, 2.75) is 6.54 Å². The van der Waals surface area contributed by atoms with E-state index in [1.807, 2.05) is 0 Å². The Hall–Kier alpha value is -1.43. The lowest BCUT2D eigenvalue weighted by atomic mass is 10.5. The van der Waals surface area contributed by atoms with Crippen LogP contribution in [0.3, 0.4) is 0 Å². The van der Waals surface area contributed by atoms with E-state index >= 15 is 0 Å². The summed E-state index contributed by atoms with van der Waals surface area (Å²) in [6.07, 6.45) is 1.38. The van der Waals surface area contributed by atoms with Crippen LogP contribution in [0.4, 0.5) is 0 Å². The van der Waals surface area contributed by atoms with Crippen LogP contribution < -0.4 is 11.1 Å². The predicted molar refractivity (Wildman–Crippen MR) is 37.3 cm³/mol. The molecule has 0 atom stereocenters. The van der Waals surface area contributed by atoms with E-state index < -0.39 is 0 Å². The topological polar surface area (TPSA) is 96.7 Å². The van der Waals surface area contributed by atoms with Crippen molar-refractivity contribution in [3.63, 3.8) is 0 Å². The van der Waals surface area contributed by atoms with Gasteiger partial charge in [-0.2, -0.15) is 5.10 Å². The van der Waals surface area contributed by atoms with E-state index in [9.17, 15) is 4.79 Å². The van der Waals surface area contributed by atoms with E-state index in [1.54, 1.807) is 0 Å². The summed E-state index contributed by atoms with van der Waals surface area (Å²) in [6.45, 7) is 0.337. The van der Waals surface area contributed by atoms with Gasteiger partial charge in [0.05, 0.1) is 13.1 Å². The normalized spacial score (nSPS) is 9.55. The minimum Gasteiger partial charge on any atom is -0.348 e. The molecule has 0 spiro atoms. The van der Waals surface area contributed by atoms with Gasteiger partial charge < -0.3 is 11.1 Å². The first-order valence-corrected chi connectivity index (χ1v) is 3.14. The maximum atomic E-state index is 10.6. The zero-order valence-electron chi connectivity index (χ0n) is 5.87. The van der Waals surface area contributed by atoms with Crippen molar-refractivity contribution in [1.82, 2.24) is 20.5 Å². The quantitative estimate of drug-likeness (QED) is 0.488. The van der Waals surface area contributed by atoms with Gasteiger partial charge in [-0.3, -0.25) is 9.89 Å². The summed E-state index contributed by atoms with van der Waals surface area (Å²) >= 11 is 0. The number of rotatable bonds is 3. The fourth-order valence-electron chi connectivity index (χ4n) is 0.570. The Balaban J connectivity index is 2.29. The van der Waals surface area contributed by atoms with Gasteiger partial charge in [0.25, 0.3) is 0 Å². The molecule has 1 amide bonds. The fraction of sp³-hybridized carbons (Fsp3) is 0.400. The van der Waals surface area contributed by atoms with Gasteiger partial charge in [0.15, 0.2) is 0 Å². The SMILES string of the molecule is NCC(=O)NCc1ncn[nH]1. The first-order valence-electron chi connectivity index (χ1n) is 3.14. The highest BCUT2D eigenvalue weighted by atomic mass is 16.1. The van der Waals surface area contributed by atoms with Gasteiger partial charge in [-0.25, -0.2) is 4.98 Å². The van der Waals surface area contributed by atoms with Crippen LogP contribution in [-0.4, -0.2) is 27.6 Å². The number of nitrogens with one attached hydrogen (secondary N) is 2. The van der Waals surface area contributed by atoms with Gasteiger partial charge in [0, 0.05) is 0 Å². The number of H-pyrrole nitrogens is 1. The number of aromatic nitrogens is 3. The molecule has 11 heavy (non-hydrogen) atoms. The second-order valence-corrected chi connectivity index (χ2v) is 1.91. The van der Waals surface area contributed by atoms with Crippen molar-refractivity contribution in [2.24, 2.45) is 5.73 Å². The molecular formula is C5H9N5O. The van der Waals surface area contributed by atoms with E-state index in [0.717, 1.165) is 0 Å². The minimum absolute atomic E-state index is 0.00582. The molecular weight excluding hydrogens is 146 g/mol. The molecule has 1 aromatic heterocycles. The molecule has 1 rings (SSSR count). The van der Waals surface area contributed by atoms with Crippen molar-refractivity contribution in [3.8, 4) is 0 Å². The first-order chi connectivity index (χ1) is 5.33. The lowest BCUT2D eigenvalue weighted by Crippen LogP contribution is -2.30. The van der Waals surface area contributed by atoms with Gasteiger partial charge >= 0.3 is 0 Å². The van der Waals surface area contributed by atoms with Gasteiger partial charge in [-0.05, 0) is 0 Å². The standard InChI is InChI=1S/C5H9N5O/c6-1-5(11)7-2-4-8-3-9-10-4/h3H,1-2,6H2,(H,7,11)(H,8,9,10). The number of carbonyl (C=O) groups is 1. The molecule has 0 aromatic carbocycles. The Morgan fingerprint density at radius 3 is 3.18 bits per heavy atom. The lowest BCUT2D eigenvalue weighted by molar-refractivity contribution is -0.119. The van der Waals surface area contributed by atoms with Crippen molar-refractivity contribution in [2.75, 3.05) is 6.54 Å². The summed E-state index contributed by atoms with van der Waals surface area (Å²) in [4.78, 5) is 14.4. The molecule has 0 saturated heterocycles. The van der Waals surface area contributed by atoms with Crippen LogP contribution in [0.1, 0.15) is 5.82 Å². The number of hydrogen-bond acceptors (Lipinski definition) is 4. The van der Waals surface area contributed by atoms with E-state index in [1.165, 1.54) is 6.33 Å². The number of amides is 1. The van der Waals surface area contributed by atoms with Crippen molar-refractivity contribution < 1.29 is 4.79 Å². The summed E-state index contributed by atoms with van der Waals surface area (Å²) in [5.41, 5.74) is 5.05. The maximum absolute atomic E-state index is 10.6. The zero-order valence-corrected chi connectivity index (χ0v) is 5.87. The van der Waals surface area contributed by atoms with Gasteiger partial charge in [-0.1, -0.05) is 0 Å². The summed E-state index contributed by atoms with van der Waals surface area (Å²) in [6, 6.07) is 0. The molecule has 6 heteroatoms. The maximum Gasteiger partial charge on any atom is 0.234 e. The molecule has 0 bridgehead atoms. The van der Waals surface area contributed by atoms with Crippen LogP contribution in [0.25, 0.3) is 0 Å². The van der Waals surface area contributed by atoms with Gasteiger partial charge in [0.1, 0.15) is 12.2 Å². The average Bonchev–Trinajstić information content (AvgIpc) is 2.52. The third-order valence-electron chi connectivity index (χ3n) is 1.10. The van der Waals surface area contributed by atoms with Gasteiger partial charge in [-0.15, -0.1) is 0 Å². The van der Waals surface area contributed by atoms with Crippen LogP contribution in [0.5, 0.6) is 0 Å².